The van der Waals surface area contributed by atoms with E-state index in [-0.39, 0.29) is 5.41 Å². The van der Waals surface area contributed by atoms with Gasteiger partial charge in [0.2, 0.25) is 0 Å². The molecule has 0 heterocycles. The number of rotatable bonds is 22. The van der Waals surface area contributed by atoms with E-state index in [9.17, 15) is 0 Å². The van der Waals surface area contributed by atoms with Gasteiger partial charge in [-0.2, -0.15) is 0 Å². The van der Waals surface area contributed by atoms with E-state index in [1.165, 1.54) is 102 Å². The molecule has 3 nitrogen and oxygen atoms in total. The molecule has 0 N–H and O–H groups in total. The van der Waals surface area contributed by atoms with Crippen molar-refractivity contribution in [3.63, 3.8) is 0 Å². The van der Waals surface area contributed by atoms with Gasteiger partial charge in [-0.1, -0.05) is 117 Å². The minimum Gasteiger partial charge on any atom is -0.491 e. The third-order valence-electron chi connectivity index (χ3n) is 7.17. The first-order chi connectivity index (χ1) is 16.7. The normalized spacial score (nSPS) is 12.3. The van der Waals surface area contributed by atoms with Crippen LogP contribution in [0.15, 0.2) is 24.3 Å². The smallest absolute Gasteiger partial charge is 0.119 e. The Hall–Kier alpha value is -1.06. The fourth-order valence-electron chi connectivity index (χ4n) is 4.53. The van der Waals surface area contributed by atoms with Crippen LogP contribution in [0.2, 0.25) is 0 Å². The topological polar surface area (TPSA) is 18.5 Å². The molecule has 0 bridgehead atoms. The summed E-state index contributed by atoms with van der Waals surface area (Å²) in [4.78, 5) is 0. The molecule has 0 atom stereocenters. The molecule has 204 valence electrons. The number of hydrogen-bond acceptors (Lipinski definition) is 2. The summed E-state index contributed by atoms with van der Waals surface area (Å²) in [5, 5.41) is 0. The first kappa shape index (κ1) is 32.0. The van der Waals surface area contributed by atoms with Crippen molar-refractivity contribution >= 4 is 0 Å². The maximum absolute atomic E-state index is 5.85. The van der Waals surface area contributed by atoms with E-state index in [4.69, 9.17) is 9.47 Å². The summed E-state index contributed by atoms with van der Waals surface area (Å²) in [6.07, 6.45) is 19.9. The molecule has 0 radical (unpaired) electrons. The van der Waals surface area contributed by atoms with Crippen molar-refractivity contribution in [3.05, 3.63) is 29.8 Å². The van der Waals surface area contributed by atoms with Crippen molar-refractivity contribution in [1.82, 2.24) is 0 Å². The monoisotopic (exact) mass is 490 g/mol. The molecule has 35 heavy (non-hydrogen) atoms. The highest BCUT2D eigenvalue weighted by Gasteiger charge is 2.14. The van der Waals surface area contributed by atoms with Gasteiger partial charge in [0.25, 0.3) is 0 Å². The van der Waals surface area contributed by atoms with Crippen LogP contribution in [0, 0.1) is 0 Å². The molecule has 0 saturated heterocycles. The molecule has 0 spiro atoms. The minimum atomic E-state index is 0.180. The summed E-state index contributed by atoms with van der Waals surface area (Å²) in [6, 6.07) is 8.45. The van der Waals surface area contributed by atoms with Gasteiger partial charge in [-0.3, -0.25) is 0 Å². The van der Waals surface area contributed by atoms with Gasteiger partial charge in [-0.15, -0.1) is 0 Å². The van der Waals surface area contributed by atoms with Gasteiger partial charge in [0.1, 0.15) is 18.9 Å². The first-order valence-electron chi connectivity index (χ1n) is 14.9. The molecule has 0 aliphatic carbocycles. The second kappa shape index (κ2) is 19.1. The lowest BCUT2D eigenvalue weighted by molar-refractivity contribution is -0.891. The minimum absolute atomic E-state index is 0.180. The van der Waals surface area contributed by atoms with E-state index in [1.54, 1.807) is 0 Å². The SMILES string of the molecule is CCCCCCCCCCCCCCCC[N+](C)(C)CCOCCOc1ccc(C(C)(C)C)cc1. The summed E-state index contributed by atoms with van der Waals surface area (Å²) in [7, 11) is 4.66. The summed E-state index contributed by atoms with van der Waals surface area (Å²) < 4.78 is 12.7. The van der Waals surface area contributed by atoms with Crippen LogP contribution in [0.1, 0.15) is 123 Å². The third-order valence-corrected chi connectivity index (χ3v) is 7.17. The van der Waals surface area contributed by atoms with Gasteiger partial charge >= 0.3 is 0 Å². The van der Waals surface area contributed by atoms with Gasteiger partial charge in [0, 0.05) is 0 Å². The molecule has 0 unspecified atom stereocenters. The van der Waals surface area contributed by atoms with Crippen LogP contribution in [0.25, 0.3) is 0 Å². The summed E-state index contributed by atoms with van der Waals surface area (Å²) in [5.74, 6) is 0.926. The van der Waals surface area contributed by atoms with E-state index >= 15 is 0 Å². The largest absolute Gasteiger partial charge is 0.491 e. The lowest BCUT2D eigenvalue weighted by Crippen LogP contribution is -2.43. The molecular formula is C32H60NO2+. The van der Waals surface area contributed by atoms with Gasteiger partial charge in [-0.05, 0) is 36.0 Å². The molecule has 0 aliphatic heterocycles. The van der Waals surface area contributed by atoms with Crippen molar-refractivity contribution in [1.29, 1.82) is 0 Å². The lowest BCUT2D eigenvalue weighted by Gasteiger charge is -2.29. The fraction of sp³-hybridized carbons (Fsp3) is 0.812. The Bertz CT molecular complexity index is 603. The Kier molecular flexibility index (Phi) is 17.5. The zero-order valence-corrected chi connectivity index (χ0v) is 24.5. The van der Waals surface area contributed by atoms with E-state index in [0.717, 1.165) is 23.4 Å². The second-order valence-electron chi connectivity index (χ2n) is 12.2. The predicted molar refractivity (Wildman–Crippen MR) is 154 cm³/mol. The van der Waals surface area contributed by atoms with Gasteiger partial charge in [0.05, 0.1) is 33.9 Å². The van der Waals surface area contributed by atoms with Crippen LogP contribution in [0.4, 0.5) is 0 Å². The number of unbranched alkanes of at least 4 members (excludes halogenated alkanes) is 13. The molecule has 1 rings (SSSR count). The summed E-state index contributed by atoms with van der Waals surface area (Å²) in [6.45, 7) is 13.4. The molecular weight excluding hydrogens is 430 g/mol. The molecule has 0 aromatic heterocycles. The van der Waals surface area contributed by atoms with Crippen LogP contribution in [-0.2, 0) is 10.2 Å². The molecule has 1 aromatic carbocycles. The maximum atomic E-state index is 5.85. The van der Waals surface area contributed by atoms with Crippen LogP contribution < -0.4 is 4.74 Å². The number of nitrogens with zero attached hydrogens (tertiary/aromatic N) is 1. The molecule has 3 heteroatoms. The number of benzene rings is 1. The highest BCUT2D eigenvalue weighted by atomic mass is 16.5. The number of ether oxygens (including phenoxy) is 2. The highest BCUT2D eigenvalue weighted by Crippen LogP contribution is 2.24. The summed E-state index contributed by atoms with van der Waals surface area (Å²) >= 11 is 0. The number of likely N-dealkylation sites (N-methyl/N-ethyl adjacent to an activating group) is 1. The van der Waals surface area contributed by atoms with E-state index in [0.29, 0.717) is 13.2 Å². The first-order valence-corrected chi connectivity index (χ1v) is 14.9. The Morgan fingerprint density at radius 3 is 1.57 bits per heavy atom. The highest BCUT2D eigenvalue weighted by molar-refractivity contribution is 5.31. The fourth-order valence-corrected chi connectivity index (χ4v) is 4.53. The molecule has 0 aliphatic rings. The van der Waals surface area contributed by atoms with Crippen LogP contribution in [0.5, 0.6) is 5.75 Å². The number of quaternary nitrogens is 1. The Morgan fingerprint density at radius 1 is 0.600 bits per heavy atom. The van der Waals surface area contributed by atoms with Crippen molar-refractivity contribution in [2.24, 2.45) is 0 Å². The number of hydrogen-bond donors (Lipinski definition) is 0. The van der Waals surface area contributed by atoms with Crippen molar-refractivity contribution in [2.45, 2.75) is 123 Å². The molecule has 0 amide bonds. The van der Waals surface area contributed by atoms with E-state index in [2.05, 4.69) is 66.1 Å². The quantitative estimate of drug-likeness (QED) is 0.119. The Morgan fingerprint density at radius 2 is 1.09 bits per heavy atom. The Balaban J connectivity index is 1.92. The average molecular weight is 491 g/mol. The van der Waals surface area contributed by atoms with Gasteiger partial charge in [-0.25, -0.2) is 0 Å². The van der Waals surface area contributed by atoms with Crippen LogP contribution >= 0.6 is 0 Å². The lowest BCUT2D eigenvalue weighted by atomic mass is 9.87. The Labute approximate surface area is 219 Å². The predicted octanol–water partition coefficient (Wildman–Crippen LogP) is 8.94. The second-order valence-corrected chi connectivity index (χ2v) is 12.2. The standard InChI is InChI=1S/C32H60NO2/c1-7-8-9-10-11-12-13-14-15-16-17-18-19-20-25-33(5,6)26-27-34-28-29-35-31-23-21-30(22-24-31)32(2,3)4/h21-24H,7-20,25-29H2,1-6H3/q+1. The van der Waals surface area contributed by atoms with Crippen LogP contribution in [0.3, 0.4) is 0 Å². The maximum Gasteiger partial charge on any atom is 0.119 e. The van der Waals surface area contributed by atoms with Crippen molar-refractivity contribution in [3.8, 4) is 5.75 Å². The summed E-state index contributed by atoms with van der Waals surface area (Å²) in [5.41, 5.74) is 1.51. The zero-order valence-electron chi connectivity index (χ0n) is 24.5. The van der Waals surface area contributed by atoms with E-state index < -0.39 is 0 Å². The van der Waals surface area contributed by atoms with E-state index in [1.807, 2.05) is 0 Å². The van der Waals surface area contributed by atoms with Gasteiger partial charge in [0.15, 0.2) is 0 Å². The van der Waals surface area contributed by atoms with Crippen LogP contribution in [-0.4, -0.2) is 51.5 Å². The molecule has 0 saturated carbocycles. The van der Waals surface area contributed by atoms with Crippen molar-refractivity contribution in [2.75, 3.05) is 47.0 Å². The molecule has 0 fully saturated rings. The van der Waals surface area contributed by atoms with Gasteiger partial charge < -0.3 is 14.0 Å². The average Bonchev–Trinajstić information content (AvgIpc) is 2.81. The zero-order chi connectivity index (χ0) is 25.8. The van der Waals surface area contributed by atoms with Crippen molar-refractivity contribution < 1.29 is 14.0 Å². The molecule has 1 aromatic rings. The third kappa shape index (κ3) is 17.9.